The highest BCUT2D eigenvalue weighted by molar-refractivity contribution is 6.30. The highest BCUT2D eigenvalue weighted by Crippen LogP contribution is 2.35. The van der Waals surface area contributed by atoms with E-state index >= 15 is 0 Å². The lowest BCUT2D eigenvalue weighted by molar-refractivity contribution is -0.131. The Balaban J connectivity index is 2.28. The summed E-state index contributed by atoms with van der Waals surface area (Å²) in [5.41, 5.74) is 9.60. The quantitative estimate of drug-likeness (QED) is 0.592. The number of hydrogen-bond donors (Lipinski definition) is 2. The van der Waals surface area contributed by atoms with Crippen LogP contribution in [0, 0.1) is 6.92 Å². The normalized spacial score (nSPS) is 11.0. The largest absolute Gasteiger partial charge is 0.495 e. The number of carboxylic acids is 1. The predicted octanol–water partition coefficient (Wildman–Crippen LogP) is 4.31. The van der Waals surface area contributed by atoms with Crippen LogP contribution in [0.3, 0.4) is 0 Å². The molecule has 0 spiro atoms. The smallest absolute Gasteiger partial charge is 0.328 e. The molecule has 0 fully saturated rings. The molecule has 7 heteroatoms. The molecule has 0 aliphatic heterocycles. The molecule has 0 atom stereocenters. The Morgan fingerprint density at radius 3 is 2.55 bits per heavy atom. The molecule has 0 bridgehead atoms. The third-order valence-electron chi connectivity index (χ3n) is 4.49. The molecule has 0 unspecified atom stereocenters. The number of primary amides is 1. The molecule has 1 amide bonds. The molecule has 0 aliphatic rings. The molecule has 1 aromatic heterocycles. The van der Waals surface area contributed by atoms with Gasteiger partial charge in [0.15, 0.2) is 0 Å². The van der Waals surface area contributed by atoms with Crippen molar-refractivity contribution in [3.63, 3.8) is 0 Å². The van der Waals surface area contributed by atoms with Crippen LogP contribution in [0.5, 0.6) is 5.75 Å². The number of amides is 1. The van der Waals surface area contributed by atoms with Crippen LogP contribution < -0.4 is 10.5 Å². The first-order chi connectivity index (χ1) is 13.8. The number of carbonyl (C=O) groups excluding carboxylic acids is 1. The van der Waals surface area contributed by atoms with Crippen molar-refractivity contribution in [2.45, 2.75) is 6.92 Å². The summed E-state index contributed by atoms with van der Waals surface area (Å²) in [4.78, 5) is 22.6. The van der Waals surface area contributed by atoms with Gasteiger partial charge in [0.1, 0.15) is 5.75 Å². The third-order valence-corrected chi connectivity index (χ3v) is 4.73. The number of aromatic nitrogens is 1. The molecule has 2 aromatic carbocycles. The SMILES string of the molecule is COc1cc(Cl)ccc1-n1ccc(C=CC(=O)O)c1-c1ccc(C(N)=O)cc1C. The molecule has 148 valence electrons. The van der Waals surface area contributed by atoms with Gasteiger partial charge >= 0.3 is 5.97 Å². The van der Waals surface area contributed by atoms with E-state index in [0.29, 0.717) is 21.9 Å². The topological polar surface area (TPSA) is 94.6 Å². The summed E-state index contributed by atoms with van der Waals surface area (Å²) >= 11 is 6.09. The second kappa shape index (κ2) is 8.24. The van der Waals surface area contributed by atoms with Crippen LogP contribution >= 0.6 is 11.6 Å². The number of carboxylic acid groups (broad SMARTS) is 1. The molecule has 3 N–H and O–H groups in total. The lowest BCUT2D eigenvalue weighted by Gasteiger charge is -2.16. The minimum absolute atomic E-state index is 0.399. The molecule has 3 rings (SSSR count). The number of aliphatic carboxylic acids is 1. The standard InChI is InChI=1S/C22H19ClN2O4/c1-13-11-15(22(24)28)3-6-17(13)21-14(4-8-20(26)27)9-10-25(21)18-7-5-16(23)12-19(18)29-2/h3-12H,1-2H3,(H2,24,28)(H,26,27). The van der Waals surface area contributed by atoms with E-state index in [9.17, 15) is 9.59 Å². The second-order valence-corrected chi connectivity index (χ2v) is 6.81. The number of benzene rings is 2. The van der Waals surface area contributed by atoms with Gasteiger partial charge < -0.3 is 20.1 Å². The Hall–Kier alpha value is -3.51. The molecule has 3 aromatic rings. The zero-order chi connectivity index (χ0) is 21.1. The number of rotatable bonds is 6. The fourth-order valence-electron chi connectivity index (χ4n) is 3.16. The highest BCUT2D eigenvalue weighted by atomic mass is 35.5. The van der Waals surface area contributed by atoms with E-state index in [-0.39, 0.29) is 0 Å². The predicted molar refractivity (Wildman–Crippen MR) is 113 cm³/mol. The van der Waals surface area contributed by atoms with E-state index in [4.69, 9.17) is 27.2 Å². The van der Waals surface area contributed by atoms with Crippen molar-refractivity contribution < 1.29 is 19.4 Å². The van der Waals surface area contributed by atoms with Crippen molar-refractivity contribution in [3.05, 3.63) is 76.5 Å². The zero-order valence-corrected chi connectivity index (χ0v) is 16.6. The second-order valence-electron chi connectivity index (χ2n) is 6.37. The maximum absolute atomic E-state index is 11.5. The molecular formula is C22H19ClN2O4. The van der Waals surface area contributed by atoms with Crippen molar-refractivity contribution in [2.75, 3.05) is 7.11 Å². The van der Waals surface area contributed by atoms with Gasteiger partial charge in [0.05, 0.1) is 18.5 Å². The summed E-state index contributed by atoms with van der Waals surface area (Å²) in [6, 6.07) is 12.2. The Bertz CT molecular complexity index is 1130. The van der Waals surface area contributed by atoms with Crippen molar-refractivity contribution in [1.82, 2.24) is 4.57 Å². The summed E-state index contributed by atoms with van der Waals surface area (Å²) in [5.74, 6) is -0.997. The Morgan fingerprint density at radius 2 is 1.93 bits per heavy atom. The zero-order valence-electron chi connectivity index (χ0n) is 15.8. The maximum Gasteiger partial charge on any atom is 0.328 e. The average Bonchev–Trinajstić information content (AvgIpc) is 3.09. The number of ether oxygens (including phenoxy) is 1. The fraction of sp³-hybridized carbons (Fsp3) is 0.0909. The molecule has 0 radical (unpaired) electrons. The van der Waals surface area contributed by atoms with Gasteiger partial charge in [0, 0.05) is 40.1 Å². The highest BCUT2D eigenvalue weighted by Gasteiger charge is 2.17. The number of methoxy groups -OCH3 is 1. The Morgan fingerprint density at radius 1 is 1.17 bits per heavy atom. The van der Waals surface area contributed by atoms with Gasteiger partial charge in [-0.05, 0) is 48.9 Å². The van der Waals surface area contributed by atoms with Gasteiger partial charge in [-0.25, -0.2) is 4.79 Å². The van der Waals surface area contributed by atoms with Crippen molar-refractivity contribution in [2.24, 2.45) is 5.73 Å². The van der Waals surface area contributed by atoms with E-state index in [1.54, 1.807) is 37.4 Å². The van der Waals surface area contributed by atoms with E-state index < -0.39 is 11.9 Å². The van der Waals surface area contributed by atoms with Crippen molar-refractivity contribution in [3.8, 4) is 22.7 Å². The van der Waals surface area contributed by atoms with Crippen LogP contribution in [-0.4, -0.2) is 28.7 Å². The van der Waals surface area contributed by atoms with Gasteiger partial charge in [-0.2, -0.15) is 0 Å². The molecule has 6 nitrogen and oxygen atoms in total. The van der Waals surface area contributed by atoms with Gasteiger partial charge in [-0.1, -0.05) is 17.7 Å². The number of hydrogen-bond acceptors (Lipinski definition) is 3. The maximum atomic E-state index is 11.5. The van der Waals surface area contributed by atoms with Gasteiger partial charge in [-0.15, -0.1) is 0 Å². The minimum atomic E-state index is -1.05. The van der Waals surface area contributed by atoms with Crippen LogP contribution in [0.1, 0.15) is 21.5 Å². The minimum Gasteiger partial charge on any atom is -0.495 e. The molecular weight excluding hydrogens is 392 g/mol. The monoisotopic (exact) mass is 410 g/mol. The van der Waals surface area contributed by atoms with E-state index in [2.05, 4.69) is 0 Å². The van der Waals surface area contributed by atoms with Gasteiger partial charge in [0.25, 0.3) is 0 Å². The number of nitrogens with zero attached hydrogens (tertiary/aromatic N) is 1. The Kier molecular flexibility index (Phi) is 5.75. The van der Waals surface area contributed by atoms with E-state index in [1.165, 1.54) is 6.08 Å². The summed E-state index contributed by atoms with van der Waals surface area (Å²) in [7, 11) is 1.55. The fourth-order valence-corrected chi connectivity index (χ4v) is 3.32. The van der Waals surface area contributed by atoms with Crippen LogP contribution in [0.4, 0.5) is 0 Å². The van der Waals surface area contributed by atoms with Crippen molar-refractivity contribution >= 4 is 29.6 Å². The first-order valence-electron chi connectivity index (χ1n) is 8.69. The van der Waals surface area contributed by atoms with Crippen LogP contribution in [0.15, 0.2) is 54.7 Å². The van der Waals surface area contributed by atoms with Crippen LogP contribution in [-0.2, 0) is 4.79 Å². The van der Waals surface area contributed by atoms with E-state index in [0.717, 1.165) is 28.6 Å². The van der Waals surface area contributed by atoms with Crippen molar-refractivity contribution in [1.29, 1.82) is 0 Å². The first kappa shape index (κ1) is 20.2. The first-order valence-corrected chi connectivity index (χ1v) is 9.06. The molecule has 29 heavy (non-hydrogen) atoms. The summed E-state index contributed by atoms with van der Waals surface area (Å²) < 4.78 is 7.37. The van der Waals surface area contributed by atoms with Crippen LogP contribution in [0.25, 0.3) is 23.0 Å². The van der Waals surface area contributed by atoms with Gasteiger partial charge in [0.2, 0.25) is 5.91 Å². The number of nitrogens with two attached hydrogens (primary N) is 1. The average molecular weight is 411 g/mol. The van der Waals surface area contributed by atoms with Crippen LogP contribution in [0.2, 0.25) is 5.02 Å². The molecule has 0 saturated heterocycles. The number of carbonyl (C=O) groups is 2. The number of halogens is 1. The number of aryl methyl sites for hydroxylation is 1. The summed E-state index contributed by atoms with van der Waals surface area (Å²) in [6.45, 7) is 1.86. The summed E-state index contributed by atoms with van der Waals surface area (Å²) in [6.07, 6.45) is 4.43. The molecule has 1 heterocycles. The summed E-state index contributed by atoms with van der Waals surface area (Å²) in [5, 5.41) is 9.58. The lowest BCUT2D eigenvalue weighted by atomic mass is 9.99. The Labute approximate surface area is 172 Å². The van der Waals surface area contributed by atoms with E-state index in [1.807, 2.05) is 29.8 Å². The van der Waals surface area contributed by atoms with Gasteiger partial charge in [-0.3, -0.25) is 4.79 Å². The third kappa shape index (κ3) is 4.17. The molecule has 0 saturated carbocycles. The lowest BCUT2D eigenvalue weighted by Crippen LogP contribution is -2.11. The molecule has 0 aliphatic carbocycles.